The van der Waals surface area contributed by atoms with E-state index in [1.165, 1.54) is 28.6 Å². The molecule has 0 radical (unpaired) electrons. The van der Waals surface area contributed by atoms with Gasteiger partial charge < -0.3 is 23.7 Å². The molecule has 1 unspecified atom stereocenters. The van der Waals surface area contributed by atoms with Crippen LogP contribution < -0.4 is 19.1 Å². The number of hydrogen-bond acceptors (Lipinski definition) is 9. The minimum atomic E-state index is -0.984. The number of aliphatic hydroxyl groups excluding tert-OH is 1. The number of benzene rings is 2. The molecule has 3 heterocycles. The fourth-order valence-electron chi connectivity index (χ4n) is 4.38. The van der Waals surface area contributed by atoms with Gasteiger partial charge in [-0.2, -0.15) is 0 Å². The first-order valence-electron chi connectivity index (χ1n) is 12.2. The first kappa shape index (κ1) is 25.3. The van der Waals surface area contributed by atoms with Gasteiger partial charge in [0.15, 0.2) is 28.1 Å². The molecule has 2 aromatic heterocycles. The van der Waals surface area contributed by atoms with E-state index < -0.39 is 23.5 Å². The number of amides is 1. The van der Waals surface area contributed by atoms with Gasteiger partial charge in [-0.05, 0) is 68.8 Å². The second-order valence-electron chi connectivity index (χ2n) is 8.28. The van der Waals surface area contributed by atoms with Crippen LogP contribution in [-0.2, 0) is 4.79 Å². The standard InChI is InChI=1S/C28H26N2O7S/c1-4-34-17-10-11-18-22(15-17)38-28(29-18)30-24(16-9-12-19(35-5-2)21(14-16)36-6-3)23(26(32)27(30)33)25(31)20-8-7-13-37-20/h7-15,24,32H,4-6H2,1-3H3. The maximum absolute atomic E-state index is 13.5. The van der Waals surface area contributed by atoms with E-state index in [0.717, 1.165) is 4.70 Å². The van der Waals surface area contributed by atoms with Gasteiger partial charge in [0.05, 0.1) is 47.9 Å². The number of aliphatic hydroxyl groups is 1. The average molecular weight is 535 g/mol. The second kappa shape index (κ2) is 10.6. The third-order valence-corrected chi connectivity index (χ3v) is 6.96. The Morgan fingerprint density at radius 2 is 1.79 bits per heavy atom. The van der Waals surface area contributed by atoms with Crippen LogP contribution in [0.4, 0.5) is 5.13 Å². The number of aromatic nitrogens is 1. The first-order valence-corrected chi connectivity index (χ1v) is 13.1. The fraction of sp³-hybridized carbons (Fsp3) is 0.250. The van der Waals surface area contributed by atoms with Crippen molar-refractivity contribution in [2.45, 2.75) is 26.8 Å². The molecule has 1 amide bonds. The Balaban J connectivity index is 1.66. The number of hydrogen-bond donors (Lipinski definition) is 1. The molecule has 0 bridgehead atoms. The second-order valence-corrected chi connectivity index (χ2v) is 9.29. The number of ether oxygens (including phenoxy) is 3. The summed E-state index contributed by atoms with van der Waals surface area (Å²) in [5.74, 6) is -0.307. The third-order valence-electron chi connectivity index (χ3n) is 5.95. The molecule has 38 heavy (non-hydrogen) atoms. The lowest BCUT2D eigenvalue weighted by atomic mass is 9.95. The maximum Gasteiger partial charge on any atom is 0.296 e. The van der Waals surface area contributed by atoms with Crippen molar-refractivity contribution in [3.05, 3.63) is 77.5 Å². The quantitative estimate of drug-likeness (QED) is 0.252. The molecule has 0 aliphatic carbocycles. The number of nitrogens with zero attached hydrogens (tertiary/aromatic N) is 2. The number of carbonyl (C=O) groups is 2. The van der Waals surface area contributed by atoms with Crippen LogP contribution in [0.2, 0.25) is 0 Å². The molecule has 9 nitrogen and oxygen atoms in total. The Kier molecular flexibility index (Phi) is 7.06. The van der Waals surface area contributed by atoms with E-state index in [9.17, 15) is 14.7 Å². The number of rotatable bonds is 10. The zero-order valence-electron chi connectivity index (χ0n) is 21.1. The number of ketones is 1. The highest BCUT2D eigenvalue weighted by molar-refractivity contribution is 7.22. The minimum absolute atomic E-state index is 0.00724. The molecule has 1 atom stereocenters. The summed E-state index contributed by atoms with van der Waals surface area (Å²) >= 11 is 1.26. The van der Waals surface area contributed by atoms with Crippen LogP contribution in [-0.4, -0.2) is 41.6 Å². The Morgan fingerprint density at radius 1 is 1.03 bits per heavy atom. The number of furan rings is 1. The number of carbonyl (C=O) groups excluding carboxylic acids is 2. The molecule has 0 spiro atoms. The molecule has 0 saturated carbocycles. The summed E-state index contributed by atoms with van der Waals surface area (Å²) in [6.07, 6.45) is 1.36. The van der Waals surface area contributed by atoms with E-state index in [1.807, 2.05) is 32.9 Å². The lowest BCUT2D eigenvalue weighted by Crippen LogP contribution is -2.31. The van der Waals surface area contributed by atoms with Crippen molar-refractivity contribution >= 4 is 38.4 Å². The van der Waals surface area contributed by atoms with Gasteiger partial charge in [0.2, 0.25) is 5.78 Å². The topological polar surface area (TPSA) is 111 Å². The Labute approximate surface area is 222 Å². The summed E-state index contributed by atoms with van der Waals surface area (Å²) < 4.78 is 23.2. The summed E-state index contributed by atoms with van der Waals surface area (Å²) in [5, 5.41) is 11.3. The van der Waals surface area contributed by atoms with E-state index in [2.05, 4.69) is 4.98 Å². The van der Waals surface area contributed by atoms with Crippen molar-refractivity contribution in [3.8, 4) is 17.2 Å². The largest absolute Gasteiger partial charge is 0.503 e. The Bertz CT molecular complexity index is 1520. The lowest BCUT2D eigenvalue weighted by molar-refractivity contribution is -0.117. The summed E-state index contributed by atoms with van der Waals surface area (Å²) in [5.41, 5.74) is 1.09. The molecule has 196 valence electrons. The zero-order valence-corrected chi connectivity index (χ0v) is 21.9. The third kappa shape index (κ3) is 4.47. The van der Waals surface area contributed by atoms with E-state index >= 15 is 0 Å². The fourth-order valence-corrected chi connectivity index (χ4v) is 5.40. The van der Waals surface area contributed by atoms with E-state index in [1.54, 1.807) is 30.3 Å². The van der Waals surface area contributed by atoms with Crippen LogP contribution in [0.15, 0.2) is 70.5 Å². The summed E-state index contributed by atoms with van der Waals surface area (Å²) in [6, 6.07) is 12.7. The van der Waals surface area contributed by atoms with Gasteiger partial charge >= 0.3 is 0 Å². The normalized spacial score (nSPS) is 15.4. The first-order chi connectivity index (χ1) is 18.5. The lowest BCUT2D eigenvalue weighted by Gasteiger charge is -2.25. The number of anilines is 1. The summed E-state index contributed by atoms with van der Waals surface area (Å²) in [7, 11) is 0. The molecule has 5 rings (SSSR count). The van der Waals surface area contributed by atoms with Gasteiger partial charge in [-0.25, -0.2) is 4.98 Å². The SMILES string of the molecule is CCOc1ccc2nc(N3C(=O)C(O)=C(C(=O)c4ccco4)C3c3ccc(OCC)c(OCC)c3)sc2c1. The molecule has 2 aromatic carbocycles. The van der Waals surface area contributed by atoms with Gasteiger partial charge in [0.25, 0.3) is 5.91 Å². The van der Waals surface area contributed by atoms with Gasteiger partial charge in [-0.3, -0.25) is 14.5 Å². The maximum atomic E-state index is 13.5. The Morgan fingerprint density at radius 3 is 2.50 bits per heavy atom. The molecule has 0 fully saturated rings. The van der Waals surface area contributed by atoms with Gasteiger partial charge in [-0.15, -0.1) is 0 Å². The smallest absolute Gasteiger partial charge is 0.296 e. The van der Waals surface area contributed by atoms with Crippen LogP contribution in [0.1, 0.15) is 42.9 Å². The monoisotopic (exact) mass is 534 g/mol. The van der Waals surface area contributed by atoms with E-state index in [-0.39, 0.29) is 11.3 Å². The highest BCUT2D eigenvalue weighted by Gasteiger charge is 2.46. The summed E-state index contributed by atoms with van der Waals surface area (Å²) in [4.78, 5) is 33.0. The van der Waals surface area contributed by atoms with Gasteiger partial charge in [0.1, 0.15) is 5.75 Å². The van der Waals surface area contributed by atoms with E-state index in [0.29, 0.717) is 53.3 Å². The van der Waals surface area contributed by atoms with Gasteiger partial charge in [0, 0.05) is 0 Å². The van der Waals surface area contributed by atoms with Crippen LogP contribution in [0.25, 0.3) is 10.2 Å². The molecular weight excluding hydrogens is 508 g/mol. The van der Waals surface area contributed by atoms with Crippen LogP contribution >= 0.6 is 11.3 Å². The van der Waals surface area contributed by atoms with Crippen LogP contribution in [0, 0.1) is 0 Å². The molecule has 10 heteroatoms. The molecule has 4 aromatic rings. The highest BCUT2D eigenvalue weighted by Crippen LogP contribution is 2.46. The minimum Gasteiger partial charge on any atom is -0.503 e. The molecule has 1 aliphatic rings. The van der Waals surface area contributed by atoms with Crippen molar-refractivity contribution in [2.24, 2.45) is 0 Å². The molecule has 1 aliphatic heterocycles. The number of Topliss-reactive ketones (excluding diaryl/α,β-unsaturated/α-hetero) is 1. The van der Waals surface area contributed by atoms with Crippen molar-refractivity contribution in [1.29, 1.82) is 0 Å². The number of fused-ring (bicyclic) bond motifs is 1. The Hall–Kier alpha value is -4.31. The van der Waals surface area contributed by atoms with Crippen LogP contribution in [0.5, 0.6) is 17.2 Å². The molecule has 0 saturated heterocycles. The van der Waals surface area contributed by atoms with Crippen molar-refractivity contribution in [3.63, 3.8) is 0 Å². The summed E-state index contributed by atoms with van der Waals surface area (Å²) in [6.45, 7) is 6.95. The number of thiazole rings is 1. The molecular formula is C28H26N2O7S. The van der Waals surface area contributed by atoms with Crippen molar-refractivity contribution < 1.29 is 33.3 Å². The predicted molar refractivity (Wildman–Crippen MR) is 142 cm³/mol. The van der Waals surface area contributed by atoms with Crippen molar-refractivity contribution in [2.75, 3.05) is 24.7 Å². The van der Waals surface area contributed by atoms with Gasteiger partial charge in [-0.1, -0.05) is 17.4 Å². The van der Waals surface area contributed by atoms with E-state index in [4.69, 9.17) is 18.6 Å². The average Bonchev–Trinajstić information content (AvgIpc) is 3.64. The van der Waals surface area contributed by atoms with Crippen molar-refractivity contribution in [1.82, 2.24) is 4.98 Å². The zero-order chi connectivity index (χ0) is 26.8. The highest BCUT2D eigenvalue weighted by atomic mass is 32.1. The van der Waals surface area contributed by atoms with Crippen LogP contribution in [0.3, 0.4) is 0 Å². The predicted octanol–water partition coefficient (Wildman–Crippen LogP) is 5.87. The molecule has 1 N–H and O–H groups in total.